The Kier molecular flexibility index (Phi) is 4.64. The van der Waals surface area contributed by atoms with Crippen molar-refractivity contribution < 1.29 is 23.4 Å². The van der Waals surface area contributed by atoms with E-state index < -0.39 is 16.0 Å². The maximum Gasteiger partial charge on any atom is 0.305 e. The van der Waals surface area contributed by atoms with E-state index in [0.29, 0.717) is 19.4 Å². The van der Waals surface area contributed by atoms with Crippen molar-refractivity contribution in [2.24, 2.45) is 5.92 Å². The van der Waals surface area contributed by atoms with Gasteiger partial charge in [0.15, 0.2) is 0 Å². The number of carbonyl (C=O) groups is 1. The van der Waals surface area contributed by atoms with Gasteiger partial charge < -0.3 is 10.2 Å². The molecule has 118 valence electrons. The molecule has 1 aromatic rings. The highest BCUT2D eigenvalue weighted by Crippen LogP contribution is 2.29. The van der Waals surface area contributed by atoms with Crippen molar-refractivity contribution in [3.8, 4) is 0 Å². The van der Waals surface area contributed by atoms with Gasteiger partial charge in [-0.3, -0.25) is 9.48 Å². The second-order valence-electron chi connectivity index (χ2n) is 5.36. The quantitative estimate of drug-likeness (QED) is 0.717. The van der Waals surface area contributed by atoms with E-state index in [-0.39, 0.29) is 29.9 Å². The molecule has 8 nitrogen and oxygen atoms in total. The zero-order valence-electron chi connectivity index (χ0n) is 11.7. The second kappa shape index (κ2) is 6.12. The first-order valence-electron chi connectivity index (χ1n) is 6.67. The minimum Gasteiger partial charge on any atom is -0.481 e. The van der Waals surface area contributed by atoms with Crippen LogP contribution in [0.1, 0.15) is 19.3 Å². The summed E-state index contributed by atoms with van der Waals surface area (Å²) in [6.45, 7) is 0.489. The number of aliphatic hydroxyl groups excluding tert-OH is 1. The van der Waals surface area contributed by atoms with Crippen LogP contribution >= 0.6 is 0 Å². The number of rotatable bonds is 7. The van der Waals surface area contributed by atoms with Gasteiger partial charge in [0.05, 0.1) is 25.3 Å². The number of hydrogen-bond acceptors (Lipinski definition) is 5. The van der Waals surface area contributed by atoms with E-state index >= 15 is 0 Å². The van der Waals surface area contributed by atoms with Crippen molar-refractivity contribution in [3.05, 3.63) is 12.4 Å². The fourth-order valence-corrected chi connectivity index (χ4v) is 3.50. The van der Waals surface area contributed by atoms with Gasteiger partial charge >= 0.3 is 5.97 Å². The summed E-state index contributed by atoms with van der Waals surface area (Å²) >= 11 is 0. The highest BCUT2D eigenvalue weighted by Gasteiger charge is 2.32. The minimum absolute atomic E-state index is 0.0512. The minimum atomic E-state index is -3.62. The molecule has 9 heteroatoms. The molecule has 1 saturated carbocycles. The van der Waals surface area contributed by atoms with Gasteiger partial charge in [-0.25, -0.2) is 12.7 Å². The maximum absolute atomic E-state index is 12.3. The molecular weight excluding hydrogens is 298 g/mol. The SMILES string of the molecule is CN(CC1CC(O)C1)S(=O)(=O)c1cnn(CCC(=O)O)c1. The molecule has 0 aliphatic heterocycles. The summed E-state index contributed by atoms with van der Waals surface area (Å²) in [5.41, 5.74) is 0. The van der Waals surface area contributed by atoms with Gasteiger partial charge in [-0.05, 0) is 18.8 Å². The molecule has 2 rings (SSSR count). The largest absolute Gasteiger partial charge is 0.481 e. The average Bonchev–Trinajstić information content (AvgIpc) is 2.83. The third kappa shape index (κ3) is 3.80. The number of carboxylic acids is 1. The lowest BCUT2D eigenvalue weighted by molar-refractivity contribution is -0.137. The van der Waals surface area contributed by atoms with Crippen molar-refractivity contribution in [1.82, 2.24) is 14.1 Å². The van der Waals surface area contributed by atoms with Crippen LogP contribution in [0.15, 0.2) is 17.3 Å². The summed E-state index contributed by atoms with van der Waals surface area (Å²) in [6.07, 6.45) is 3.38. The van der Waals surface area contributed by atoms with Crippen molar-refractivity contribution in [1.29, 1.82) is 0 Å². The number of hydrogen-bond donors (Lipinski definition) is 2. The second-order valence-corrected chi connectivity index (χ2v) is 7.40. The fourth-order valence-electron chi connectivity index (χ4n) is 2.30. The standard InChI is InChI=1S/C12H19N3O5S/c1-14(7-9-4-10(16)5-9)21(19,20)11-6-13-15(8-11)3-2-12(17)18/h6,8-10,16H,2-5,7H2,1H3,(H,17,18). The highest BCUT2D eigenvalue weighted by molar-refractivity contribution is 7.89. The van der Waals surface area contributed by atoms with Gasteiger partial charge in [0, 0.05) is 19.8 Å². The zero-order chi connectivity index (χ0) is 15.6. The Morgan fingerprint density at radius 1 is 1.52 bits per heavy atom. The summed E-state index contributed by atoms with van der Waals surface area (Å²) < 4.78 is 27.2. The molecule has 1 fully saturated rings. The normalized spacial score (nSPS) is 22.2. The van der Waals surface area contributed by atoms with Crippen LogP contribution in [0.25, 0.3) is 0 Å². The summed E-state index contributed by atoms with van der Waals surface area (Å²) in [5.74, 6) is -0.780. The predicted octanol–water partition coefficient (Wildman–Crippen LogP) is -0.251. The molecule has 1 aromatic heterocycles. The number of aliphatic carboxylic acids is 1. The van der Waals surface area contributed by atoms with Crippen LogP contribution in [0.2, 0.25) is 0 Å². The van der Waals surface area contributed by atoms with Gasteiger partial charge in [0.2, 0.25) is 10.0 Å². The van der Waals surface area contributed by atoms with Crippen LogP contribution in [-0.4, -0.2) is 58.4 Å². The molecule has 0 unspecified atom stereocenters. The molecule has 1 aliphatic carbocycles. The third-order valence-corrected chi connectivity index (χ3v) is 5.37. The van der Waals surface area contributed by atoms with Crippen LogP contribution in [0, 0.1) is 5.92 Å². The van der Waals surface area contributed by atoms with E-state index in [4.69, 9.17) is 5.11 Å². The number of sulfonamides is 1. The van der Waals surface area contributed by atoms with Gasteiger partial charge in [0.1, 0.15) is 4.90 Å². The molecule has 1 aliphatic rings. The van der Waals surface area contributed by atoms with Gasteiger partial charge in [-0.1, -0.05) is 0 Å². The van der Waals surface area contributed by atoms with E-state index in [9.17, 15) is 18.3 Å². The molecule has 0 radical (unpaired) electrons. The Morgan fingerprint density at radius 3 is 2.76 bits per heavy atom. The number of nitrogens with zero attached hydrogens (tertiary/aromatic N) is 3. The van der Waals surface area contributed by atoms with Gasteiger partial charge in [0.25, 0.3) is 0 Å². The van der Waals surface area contributed by atoms with Crippen molar-refractivity contribution >= 4 is 16.0 Å². The van der Waals surface area contributed by atoms with Crippen molar-refractivity contribution in [2.75, 3.05) is 13.6 Å². The molecular formula is C12H19N3O5S. The fraction of sp³-hybridized carbons (Fsp3) is 0.667. The lowest BCUT2D eigenvalue weighted by Gasteiger charge is -2.33. The first-order chi connectivity index (χ1) is 9.79. The Bertz CT molecular complexity index is 606. The monoisotopic (exact) mass is 317 g/mol. The number of carboxylic acid groups (broad SMARTS) is 1. The Hall–Kier alpha value is -1.45. The zero-order valence-corrected chi connectivity index (χ0v) is 12.5. The van der Waals surface area contributed by atoms with Crippen LogP contribution in [0.3, 0.4) is 0 Å². The lowest BCUT2D eigenvalue weighted by Crippen LogP contribution is -2.39. The van der Waals surface area contributed by atoms with Gasteiger partial charge in [-0.2, -0.15) is 5.10 Å². The first-order valence-corrected chi connectivity index (χ1v) is 8.11. The Balaban J connectivity index is 1.99. The molecule has 1 heterocycles. The van der Waals surface area contributed by atoms with Crippen molar-refractivity contribution in [3.63, 3.8) is 0 Å². The predicted molar refractivity (Wildman–Crippen MR) is 73.0 cm³/mol. The smallest absolute Gasteiger partial charge is 0.305 e. The van der Waals surface area contributed by atoms with Crippen LogP contribution in [-0.2, 0) is 21.4 Å². The summed E-state index contributed by atoms with van der Waals surface area (Å²) in [5, 5.41) is 21.7. The number of aryl methyl sites for hydroxylation is 1. The van der Waals surface area contributed by atoms with E-state index in [0.717, 1.165) is 0 Å². The Morgan fingerprint density at radius 2 is 2.19 bits per heavy atom. The van der Waals surface area contributed by atoms with Crippen LogP contribution in [0.5, 0.6) is 0 Å². The first kappa shape index (κ1) is 15.9. The molecule has 0 amide bonds. The van der Waals surface area contributed by atoms with E-state index in [1.54, 1.807) is 0 Å². The molecule has 0 spiro atoms. The molecule has 0 saturated heterocycles. The van der Waals surface area contributed by atoms with Crippen LogP contribution < -0.4 is 0 Å². The van der Waals surface area contributed by atoms with E-state index in [1.807, 2.05) is 0 Å². The maximum atomic E-state index is 12.3. The molecule has 0 aromatic carbocycles. The van der Waals surface area contributed by atoms with Gasteiger partial charge in [-0.15, -0.1) is 0 Å². The Labute approximate surface area is 123 Å². The average molecular weight is 317 g/mol. The lowest BCUT2D eigenvalue weighted by atomic mass is 9.82. The number of aliphatic hydroxyl groups is 1. The highest BCUT2D eigenvalue weighted by atomic mass is 32.2. The van der Waals surface area contributed by atoms with E-state index in [1.165, 1.54) is 28.4 Å². The van der Waals surface area contributed by atoms with E-state index in [2.05, 4.69) is 5.10 Å². The molecule has 21 heavy (non-hydrogen) atoms. The topological polar surface area (TPSA) is 113 Å². The molecule has 2 N–H and O–H groups in total. The summed E-state index contributed by atoms with van der Waals surface area (Å²) in [6, 6.07) is 0. The summed E-state index contributed by atoms with van der Waals surface area (Å²) in [7, 11) is -2.13. The van der Waals surface area contributed by atoms with Crippen LogP contribution in [0.4, 0.5) is 0 Å². The molecule has 0 atom stereocenters. The number of aromatic nitrogens is 2. The molecule has 0 bridgehead atoms. The third-order valence-electron chi connectivity index (χ3n) is 3.60. The van der Waals surface area contributed by atoms with Crippen molar-refractivity contribution in [2.45, 2.75) is 36.8 Å². The summed E-state index contributed by atoms with van der Waals surface area (Å²) in [4.78, 5) is 10.5.